The second-order valence-corrected chi connectivity index (χ2v) is 7.98. The van der Waals surface area contributed by atoms with Gasteiger partial charge in [0.25, 0.3) is 0 Å². The van der Waals surface area contributed by atoms with Crippen LogP contribution in [0.5, 0.6) is 0 Å². The molecule has 0 radical (unpaired) electrons. The van der Waals surface area contributed by atoms with Gasteiger partial charge in [-0.3, -0.25) is 9.59 Å². The monoisotopic (exact) mass is 392 g/mol. The molecule has 3 heterocycles. The van der Waals surface area contributed by atoms with Crippen LogP contribution < -0.4 is 0 Å². The molecule has 0 aliphatic carbocycles. The van der Waals surface area contributed by atoms with E-state index in [9.17, 15) is 9.59 Å². The fourth-order valence-electron chi connectivity index (χ4n) is 4.30. The lowest BCUT2D eigenvalue weighted by Gasteiger charge is -2.35. The highest BCUT2D eigenvalue weighted by Crippen LogP contribution is 2.30. The van der Waals surface area contributed by atoms with Crippen LogP contribution in [-0.2, 0) is 29.0 Å². The predicted molar refractivity (Wildman–Crippen MR) is 110 cm³/mol. The van der Waals surface area contributed by atoms with Gasteiger partial charge in [0.2, 0.25) is 11.8 Å². The zero-order valence-corrected chi connectivity index (χ0v) is 17.0. The summed E-state index contributed by atoms with van der Waals surface area (Å²) in [5.74, 6) is 1.03. The SMILES string of the molecule is CC(=O)N1CCc2nc(C3CCCCN3C(=O)CCc3ccccc3)ncc2C1. The van der Waals surface area contributed by atoms with Gasteiger partial charge in [0.05, 0.1) is 11.7 Å². The number of rotatable bonds is 4. The summed E-state index contributed by atoms with van der Waals surface area (Å²) >= 11 is 0. The van der Waals surface area contributed by atoms with Crippen LogP contribution >= 0.6 is 0 Å². The quantitative estimate of drug-likeness (QED) is 0.802. The Kier molecular flexibility index (Phi) is 5.88. The molecule has 2 aromatic rings. The highest BCUT2D eigenvalue weighted by atomic mass is 16.2. The number of hydrogen-bond donors (Lipinski definition) is 0. The van der Waals surface area contributed by atoms with E-state index in [-0.39, 0.29) is 17.9 Å². The maximum absolute atomic E-state index is 13.0. The number of aromatic nitrogens is 2. The lowest BCUT2D eigenvalue weighted by Crippen LogP contribution is -2.40. The Morgan fingerprint density at radius 3 is 2.76 bits per heavy atom. The van der Waals surface area contributed by atoms with Gasteiger partial charge < -0.3 is 9.80 Å². The van der Waals surface area contributed by atoms with Crippen LogP contribution in [0.1, 0.15) is 61.3 Å². The van der Waals surface area contributed by atoms with Crippen LogP contribution in [-0.4, -0.2) is 44.7 Å². The van der Waals surface area contributed by atoms with Crippen molar-refractivity contribution in [3.8, 4) is 0 Å². The van der Waals surface area contributed by atoms with Crippen molar-refractivity contribution in [1.29, 1.82) is 0 Å². The average molecular weight is 393 g/mol. The fraction of sp³-hybridized carbons (Fsp3) is 0.478. The van der Waals surface area contributed by atoms with E-state index in [0.29, 0.717) is 19.5 Å². The molecule has 2 aliphatic heterocycles. The van der Waals surface area contributed by atoms with Crippen molar-refractivity contribution in [2.45, 2.75) is 58.0 Å². The van der Waals surface area contributed by atoms with Crippen LogP contribution in [0.2, 0.25) is 0 Å². The van der Waals surface area contributed by atoms with E-state index in [2.05, 4.69) is 17.1 Å². The zero-order chi connectivity index (χ0) is 20.2. The van der Waals surface area contributed by atoms with Crippen molar-refractivity contribution in [2.75, 3.05) is 13.1 Å². The molecule has 6 nitrogen and oxygen atoms in total. The minimum atomic E-state index is -0.0387. The number of carbonyl (C=O) groups excluding carboxylic acids is 2. The number of piperidine rings is 1. The van der Waals surface area contributed by atoms with Crippen LogP contribution in [0.4, 0.5) is 0 Å². The molecule has 0 saturated carbocycles. The van der Waals surface area contributed by atoms with Gasteiger partial charge in [-0.05, 0) is 31.2 Å². The first-order valence-electron chi connectivity index (χ1n) is 10.6. The summed E-state index contributed by atoms with van der Waals surface area (Å²) < 4.78 is 0. The predicted octanol–water partition coefficient (Wildman–Crippen LogP) is 3.07. The number of fused-ring (bicyclic) bond motifs is 1. The van der Waals surface area contributed by atoms with E-state index in [1.807, 2.05) is 34.2 Å². The minimum Gasteiger partial charge on any atom is -0.338 e. The Balaban J connectivity index is 1.47. The van der Waals surface area contributed by atoms with E-state index >= 15 is 0 Å². The number of benzene rings is 1. The van der Waals surface area contributed by atoms with Crippen LogP contribution in [0.15, 0.2) is 36.5 Å². The summed E-state index contributed by atoms with van der Waals surface area (Å²) in [7, 11) is 0. The van der Waals surface area contributed by atoms with E-state index in [1.165, 1.54) is 5.56 Å². The molecule has 152 valence electrons. The molecule has 0 N–H and O–H groups in total. The van der Waals surface area contributed by atoms with E-state index < -0.39 is 0 Å². The first-order valence-corrected chi connectivity index (χ1v) is 10.6. The smallest absolute Gasteiger partial charge is 0.223 e. The molecular weight excluding hydrogens is 364 g/mol. The second kappa shape index (κ2) is 8.72. The molecule has 1 aromatic carbocycles. The largest absolute Gasteiger partial charge is 0.338 e. The van der Waals surface area contributed by atoms with Crippen molar-refractivity contribution >= 4 is 11.8 Å². The molecular formula is C23H28N4O2. The van der Waals surface area contributed by atoms with E-state index in [4.69, 9.17) is 4.98 Å². The summed E-state index contributed by atoms with van der Waals surface area (Å²) in [5, 5.41) is 0. The average Bonchev–Trinajstić information content (AvgIpc) is 2.77. The third-order valence-electron chi connectivity index (χ3n) is 5.99. The maximum atomic E-state index is 13.0. The number of amides is 2. The molecule has 4 rings (SSSR count). The zero-order valence-electron chi connectivity index (χ0n) is 17.0. The second-order valence-electron chi connectivity index (χ2n) is 7.98. The van der Waals surface area contributed by atoms with Crippen molar-refractivity contribution in [1.82, 2.24) is 19.8 Å². The summed E-state index contributed by atoms with van der Waals surface area (Å²) in [6.45, 7) is 3.65. The number of hydrogen-bond acceptors (Lipinski definition) is 4. The van der Waals surface area contributed by atoms with Gasteiger partial charge in [-0.1, -0.05) is 30.3 Å². The Morgan fingerprint density at radius 1 is 1.14 bits per heavy atom. The number of aryl methyl sites for hydroxylation is 1. The summed E-state index contributed by atoms with van der Waals surface area (Å²) in [6, 6.07) is 10.1. The Labute approximate surface area is 172 Å². The van der Waals surface area contributed by atoms with E-state index in [0.717, 1.165) is 55.7 Å². The number of likely N-dealkylation sites (tertiary alicyclic amines) is 1. The number of carbonyl (C=O) groups is 2. The van der Waals surface area contributed by atoms with Crippen LogP contribution in [0, 0.1) is 0 Å². The molecule has 29 heavy (non-hydrogen) atoms. The topological polar surface area (TPSA) is 66.4 Å². The van der Waals surface area contributed by atoms with Crippen molar-refractivity contribution in [3.05, 3.63) is 59.2 Å². The van der Waals surface area contributed by atoms with Crippen LogP contribution in [0.3, 0.4) is 0 Å². The standard InChI is InChI=1S/C23H28N4O2/c1-17(28)26-14-12-20-19(16-26)15-24-23(25-20)21-9-5-6-13-27(21)22(29)11-10-18-7-3-2-4-8-18/h2-4,7-8,15,21H,5-6,9-14,16H2,1H3. The summed E-state index contributed by atoms with van der Waals surface area (Å²) in [5.41, 5.74) is 3.23. The molecule has 2 aliphatic rings. The first kappa shape index (κ1) is 19.6. The molecule has 1 atom stereocenters. The summed E-state index contributed by atoms with van der Waals surface area (Å²) in [6.07, 6.45) is 6.91. The van der Waals surface area contributed by atoms with Crippen molar-refractivity contribution in [2.24, 2.45) is 0 Å². The molecule has 1 fully saturated rings. The van der Waals surface area contributed by atoms with Gasteiger partial charge in [0.1, 0.15) is 0 Å². The molecule has 1 unspecified atom stereocenters. The van der Waals surface area contributed by atoms with Gasteiger partial charge >= 0.3 is 0 Å². The highest BCUT2D eigenvalue weighted by molar-refractivity contribution is 5.77. The van der Waals surface area contributed by atoms with Gasteiger partial charge in [-0.25, -0.2) is 9.97 Å². The Hall–Kier alpha value is -2.76. The molecule has 0 bridgehead atoms. The fourth-order valence-corrected chi connectivity index (χ4v) is 4.30. The van der Waals surface area contributed by atoms with Crippen molar-refractivity contribution < 1.29 is 9.59 Å². The lowest BCUT2D eigenvalue weighted by atomic mass is 9.99. The maximum Gasteiger partial charge on any atom is 0.223 e. The van der Waals surface area contributed by atoms with Gasteiger partial charge in [0.15, 0.2) is 5.82 Å². The van der Waals surface area contributed by atoms with Gasteiger partial charge in [0, 0.05) is 51.2 Å². The minimum absolute atomic E-state index is 0.0387. The van der Waals surface area contributed by atoms with Gasteiger partial charge in [-0.15, -0.1) is 0 Å². The lowest BCUT2D eigenvalue weighted by molar-refractivity contribution is -0.135. The third-order valence-corrected chi connectivity index (χ3v) is 5.99. The van der Waals surface area contributed by atoms with Gasteiger partial charge in [-0.2, -0.15) is 0 Å². The Morgan fingerprint density at radius 2 is 1.97 bits per heavy atom. The molecule has 1 aromatic heterocycles. The molecule has 1 saturated heterocycles. The molecule has 6 heteroatoms. The summed E-state index contributed by atoms with van der Waals surface area (Å²) in [4.78, 5) is 37.9. The number of nitrogens with zero attached hydrogens (tertiary/aromatic N) is 4. The van der Waals surface area contributed by atoms with Crippen LogP contribution in [0.25, 0.3) is 0 Å². The van der Waals surface area contributed by atoms with Crippen molar-refractivity contribution in [3.63, 3.8) is 0 Å². The normalized spacial score (nSPS) is 19.0. The highest BCUT2D eigenvalue weighted by Gasteiger charge is 2.31. The first-order chi connectivity index (χ1) is 14.1. The third kappa shape index (κ3) is 4.47. The molecule has 2 amide bonds. The molecule has 0 spiro atoms. The van der Waals surface area contributed by atoms with E-state index in [1.54, 1.807) is 6.92 Å². The Bertz CT molecular complexity index is 884.